The van der Waals surface area contributed by atoms with Gasteiger partial charge in [0.1, 0.15) is 6.04 Å². The summed E-state index contributed by atoms with van der Waals surface area (Å²) in [5.74, 6) is -0.895. The van der Waals surface area contributed by atoms with Gasteiger partial charge in [0.05, 0.1) is 5.69 Å². The average Bonchev–Trinajstić information content (AvgIpc) is 2.32. The van der Waals surface area contributed by atoms with Crippen molar-refractivity contribution >= 4 is 45.2 Å². The van der Waals surface area contributed by atoms with Gasteiger partial charge in [0.15, 0.2) is 0 Å². The zero-order valence-electron chi connectivity index (χ0n) is 11.1. The third-order valence-electron chi connectivity index (χ3n) is 2.49. The van der Waals surface area contributed by atoms with Crippen LogP contribution in [-0.4, -0.2) is 23.1 Å². The van der Waals surface area contributed by atoms with E-state index in [9.17, 15) is 9.59 Å². The van der Waals surface area contributed by atoms with Crippen LogP contribution in [0.15, 0.2) is 22.7 Å². The van der Waals surface area contributed by atoms with Gasteiger partial charge in [-0.25, -0.2) is 9.59 Å². The molecule has 1 aromatic carbocycles. The van der Waals surface area contributed by atoms with Gasteiger partial charge in [-0.05, 0) is 46.5 Å². The molecule has 3 N–H and O–H groups in total. The van der Waals surface area contributed by atoms with Gasteiger partial charge in [0, 0.05) is 9.50 Å². The number of hydrogen-bond acceptors (Lipinski definition) is 2. The molecule has 0 aliphatic carbocycles. The monoisotopic (exact) mass is 362 g/mol. The topological polar surface area (TPSA) is 78.4 Å². The van der Waals surface area contributed by atoms with Crippen molar-refractivity contribution in [2.75, 3.05) is 5.32 Å². The molecule has 110 valence electrons. The Morgan fingerprint density at radius 1 is 1.40 bits per heavy atom. The summed E-state index contributed by atoms with van der Waals surface area (Å²) in [5, 5.41) is 14.5. The number of halogens is 2. The molecule has 0 heterocycles. The number of carbonyl (C=O) groups is 2. The number of nitrogens with one attached hydrogen (secondary N) is 2. The predicted octanol–water partition coefficient (Wildman–Crippen LogP) is 3.72. The zero-order chi connectivity index (χ0) is 15.3. The highest BCUT2D eigenvalue weighted by molar-refractivity contribution is 9.10. The smallest absolute Gasteiger partial charge is 0.326 e. The molecule has 2 amide bonds. The molecule has 0 spiro atoms. The van der Waals surface area contributed by atoms with Gasteiger partial charge in [-0.1, -0.05) is 25.4 Å². The maximum absolute atomic E-state index is 11.8. The first-order valence-electron chi connectivity index (χ1n) is 6.05. The van der Waals surface area contributed by atoms with Gasteiger partial charge in [-0.3, -0.25) is 0 Å². The molecule has 0 fully saturated rings. The average molecular weight is 364 g/mol. The van der Waals surface area contributed by atoms with Crippen LogP contribution in [-0.2, 0) is 4.79 Å². The largest absolute Gasteiger partial charge is 0.480 e. The van der Waals surface area contributed by atoms with Crippen LogP contribution in [0.3, 0.4) is 0 Å². The van der Waals surface area contributed by atoms with Crippen LogP contribution in [0.25, 0.3) is 0 Å². The highest BCUT2D eigenvalue weighted by Crippen LogP contribution is 2.25. The lowest BCUT2D eigenvalue weighted by Gasteiger charge is -2.17. The summed E-state index contributed by atoms with van der Waals surface area (Å²) in [5.41, 5.74) is 0.476. The van der Waals surface area contributed by atoms with E-state index in [1.54, 1.807) is 18.2 Å². The van der Waals surface area contributed by atoms with Crippen molar-refractivity contribution in [2.24, 2.45) is 5.92 Å². The lowest BCUT2D eigenvalue weighted by atomic mass is 10.0. The summed E-state index contributed by atoms with van der Waals surface area (Å²) in [4.78, 5) is 22.9. The second-order valence-electron chi connectivity index (χ2n) is 4.74. The zero-order valence-corrected chi connectivity index (χ0v) is 13.5. The number of hydrogen-bond donors (Lipinski definition) is 3. The summed E-state index contributed by atoms with van der Waals surface area (Å²) in [6.07, 6.45) is 0.361. The Balaban J connectivity index is 2.70. The van der Waals surface area contributed by atoms with Crippen LogP contribution in [0.5, 0.6) is 0 Å². The first kappa shape index (κ1) is 16.8. The summed E-state index contributed by atoms with van der Waals surface area (Å²) < 4.78 is 0.660. The molecule has 20 heavy (non-hydrogen) atoms. The van der Waals surface area contributed by atoms with Gasteiger partial charge in [-0.2, -0.15) is 0 Å². The van der Waals surface area contributed by atoms with Gasteiger partial charge in [-0.15, -0.1) is 0 Å². The highest BCUT2D eigenvalue weighted by Gasteiger charge is 2.21. The highest BCUT2D eigenvalue weighted by atomic mass is 79.9. The van der Waals surface area contributed by atoms with Gasteiger partial charge in [0.2, 0.25) is 0 Å². The van der Waals surface area contributed by atoms with Crippen LogP contribution in [0.2, 0.25) is 5.02 Å². The van der Waals surface area contributed by atoms with Crippen LogP contribution >= 0.6 is 27.5 Å². The first-order chi connectivity index (χ1) is 9.29. The standard InChI is InChI=1S/C13H16BrClN2O3/c1-7(2)5-11(12(18)19)17-13(20)16-10-6-8(15)3-4-9(10)14/h3-4,6-7,11H,5H2,1-2H3,(H,18,19)(H2,16,17,20)/t11-/m0/s1. The molecule has 0 aromatic heterocycles. The second kappa shape index (κ2) is 7.50. The molecule has 7 heteroatoms. The summed E-state index contributed by atoms with van der Waals surface area (Å²) in [7, 11) is 0. The number of carboxylic acids is 1. The second-order valence-corrected chi connectivity index (χ2v) is 6.03. The molecule has 0 radical (unpaired) electrons. The number of carbonyl (C=O) groups excluding carboxylic acids is 1. The quantitative estimate of drug-likeness (QED) is 0.746. The normalized spacial score (nSPS) is 12.1. The minimum absolute atomic E-state index is 0.161. The third kappa shape index (κ3) is 5.38. The van der Waals surface area contributed by atoms with Crippen molar-refractivity contribution in [3.05, 3.63) is 27.7 Å². The third-order valence-corrected chi connectivity index (χ3v) is 3.41. The van der Waals surface area contributed by atoms with E-state index >= 15 is 0 Å². The number of aliphatic carboxylic acids is 1. The molecule has 1 rings (SSSR count). The molecule has 1 aromatic rings. The van der Waals surface area contributed by atoms with Crippen LogP contribution in [0.4, 0.5) is 10.5 Å². The molecule has 0 bridgehead atoms. The van der Waals surface area contributed by atoms with E-state index in [0.717, 1.165) is 0 Å². The number of carboxylic acid groups (broad SMARTS) is 1. The Kier molecular flexibility index (Phi) is 6.29. The lowest BCUT2D eigenvalue weighted by molar-refractivity contribution is -0.139. The van der Waals surface area contributed by atoms with E-state index in [1.165, 1.54) is 0 Å². The van der Waals surface area contributed by atoms with Crippen molar-refractivity contribution < 1.29 is 14.7 Å². The Hall–Kier alpha value is -1.27. The van der Waals surface area contributed by atoms with Gasteiger partial charge in [0.25, 0.3) is 0 Å². The number of amides is 2. The van der Waals surface area contributed by atoms with Crippen molar-refractivity contribution in [1.29, 1.82) is 0 Å². The van der Waals surface area contributed by atoms with Crippen molar-refractivity contribution in [3.8, 4) is 0 Å². The fourth-order valence-electron chi connectivity index (χ4n) is 1.60. The summed E-state index contributed by atoms with van der Waals surface area (Å²) in [6.45, 7) is 3.78. The van der Waals surface area contributed by atoms with E-state index in [1.807, 2.05) is 13.8 Å². The summed E-state index contributed by atoms with van der Waals surface area (Å²) in [6, 6.07) is 3.44. The van der Waals surface area contributed by atoms with E-state index in [2.05, 4.69) is 26.6 Å². The lowest BCUT2D eigenvalue weighted by Crippen LogP contribution is -2.43. The Labute approximate surface area is 130 Å². The maximum atomic E-state index is 11.8. The molecule has 5 nitrogen and oxygen atoms in total. The molecule has 1 atom stereocenters. The van der Waals surface area contributed by atoms with E-state index in [0.29, 0.717) is 21.6 Å². The summed E-state index contributed by atoms with van der Waals surface area (Å²) >= 11 is 9.12. The Bertz CT molecular complexity index is 508. The first-order valence-corrected chi connectivity index (χ1v) is 7.22. The molecule has 0 saturated heterocycles. The fourth-order valence-corrected chi connectivity index (χ4v) is 2.12. The molecule has 0 saturated carbocycles. The van der Waals surface area contributed by atoms with Crippen molar-refractivity contribution in [2.45, 2.75) is 26.3 Å². The van der Waals surface area contributed by atoms with Gasteiger partial charge < -0.3 is 15.7 Å². The molecule has 0 unspecified atom stereocenters. The van der Waals surface area contributed by atoms with E-state index < -0.39 is 18.0 Å². The van der Waals surface area contributed by atoms with Crippen molar-refractivity contribution in [1.82, 2.24) is 5.32 Å². The molecule has 0 aliphatic rings. The number of anilines is 1. The molecular formula is C13H16BrClN2O3. The van der Waals surface area contributed by atoms with Crippen LogP contribution in [0.1, 0.15) is 20.3 Å². The molecular weight excluding hydrogens is 348 g/mol. The van der Waals surface area contributed by atoms with Crippen LogP contribution < -0.4 is 10.6 Å². The van der Waals surface area contributed by atoms with Crippen molar-refractivity contribution in [3.63, 3.8) is 0 Å². The number of rotatable bonds is 5. The van der Waals surface area contributed by atoms with Gasteiger partial charge >= 0.3 is 12.0 Å². The Morgan fingerprint density at radius 3 is 2.60 bits per heavy atom. The fraction of sp³-hybridized carbons (Fsp3) is 0.385. The number of urea groups is 1. The Morgan fingerprint density at radius 2 is 2.05 bits per heavy atom. The van der Waals surface area contributed by atoms with E-state index in [4.69, 9.17) is 16.7 Å². The SMILES string of the molecule is CC(C)C[C@H](NC(=O)Nc1cc(Cl)ccc1Br)C(=O)O. The number of benzene rings is 1. The predicted molar refractivity (Wildman–Crippen MR) is 82.2 cm³/mol. The van der Waals surface area contributed by atoms with E-state index in [-0.39, 0.29) is 5.92 Å². The van der Waals surface area contributed by atoms with Crippen LogP contribution in [0, 0.1) is 5.92 Å². The molecule has 0 aliphatic heterocycles. The minimum atomic E-state index is -1.06. The maximum Gasteiger partial charge on any atom is 0.326 e. The minimum Gasteiger partial charge on any atom is -0.480 e.